The van der Waals surface area contributed by atoms with E-state index in [9.17, 15) is 4.79 Å². The maximum Gasteiger partial charge on any atom is 0.315 e. The molecule has 2 amide bonds. The second-order valence-corrected chi connectivity index (χ2v) is 4.79. The summed E-state index contributed by atoms with van der Waals surface area (Å²) in [7, 11) is 0. The zero-order valence-electron chi connectivity index (χ0n) is 11.0. The quantitative estimate of drug-likeness (QED) is 0.784. The van der Waals surface area contributed by atoms with Crippen molar-refractivity contribution in [3.63, 3.8) is 0 Å². The number of benzene rings is 1. The Labute approximate surface area is 108 Å². The minimum absolute atomic E-state index is 0.0953. The molecule has 0 radical (unpaired) electrons. The van der Waals surface area contributed by atoms with Gasteiger partial charge in [0.15, 0.2) is 0 Å². The van der Waals surface area contributed by atoms with Gasteiger partial charge < -0.3 is 15.4 Å². The number of urea groups is 1. The van der Waals surface area contributed by atoms with Crippen molar-refractivity contribution >= 4 is 6.03 Å². The van der Waals surface area contributed by atoms with Gasteiger partial charge >= 0.3 is 6.03 Å². The van der Waals surface area contributed by atoms with Crippen molar-refractivity contribution in [3.8, 4) is 5.75 Å². The average Bonchev–Trinajstić information content (AvgIpc) is 3.13. The highest BCUT2D eigenvalue weighted by Crippen LogP contribution is 2.19. The summed E-state index contributed by atoms with van der Waals surface area (Å²) in [6.07, 6.45) is 2.21. The molecule has 0 heterocycles. The Morgan fingerprint density at radius 2 is 2.17 bits per heavy atom. The van der Waals surface area contributed by atoms with Crippen LogP contribution in [0.15, 0.2) is 18.2 Å². The lowest BCUT2D eigenvalue weighted by atomic mass is 10.1. The molecule has 0 bridgehead atoms. The molecule has 0 unspecified atom stereocenters. The normalized spacial score (nSPS) is 14.1. The number of hydrogen-bond acceptors (Lipinski definition) is 2. The van der Waals surface area contributed by atoms with Crippen molar-refractivity contribution in [1.82, 2.24) is 10.6 Å². The molecule has 1 aliphatic carbocycles. The van der Waals surface area contributed by atoms with Crippen LogP contribution in [0.25, 0.3) is 0 Å². The highest BCUT2D eigenvalue weighted by molar-refractivity contribution is 5.74. The van der Waals surface area contributed by atoms with Gasteiger partial charge in [-0.25, -0.2) is 4.79 Å². The van der Waals surface area contributed by atoms with Gasteiger partial charge in [0.1, 0.15) is 12.4 Å². The standard InChI is InChI=1S/C14H20N2O2/c1-10-3-4-11(2)13(9-10)18-8-7-15-14(17)16-12-5-6-12/h3-4,9,12H,5-8H2,1-2H3,(H2,15,16,17). The predicted molar refractivity (Wildman–Crippen MR) is 71.0 cm³/mol. The molecule has 1 fully saturated rings. The van der Waals surface area contributed by atoms with Crippen molar-refractivity contribution < 1.29 is 9.53 Å². The zero-order valence-corrected chi connectivity index (χ0v) is 11.0. The van der Waals surface area contributed by atoms with Crippen LogP contribution in [0.5, 0.6) is 5.75 Å². The number of amides is 2. The lowest BCUT2D eigenvalue weighted by Gasteiger charge is -2.11. The summed E-state index contributed by atoms with van der Waals surface area (Å²) in [6.45, 7) is 5.06. The fraction of sp³-hybridized carbons (Fsp3) is 0.500. The first-order valence-corrected chi connectivity index (χ1v) is 6.39. The SMILES string of the molecule is Cc1ccc(C)c(OCCNC(=O)NC2CC2)c1. The fourth-order valence-corrected chi connectivity index (χ4v) is 1.65. The maximum absolute atomic E-state index is 11.3. The smallest absolute Gasteiger partial charge is 0.315 e. The number of nitrogens with one attached hydrogen (secondary N) is 2. The molecule has 0 saturated heterocycles. The van der Waals surface area contributed by atoms with Gasteiger partial charge in [-0.1, -0.05) is 12.1 Å². The molecule has 1 aliphatic rings. The van der Waals surface area contributed by atoms with E-state index >= 15 is 0 Å². The summed E-state index contributed by atoms with van der Waals surface area (Å²) in [6, 6.07) is 6.41. The summed E-state index contributed by atoms with van der Waals surface area (Å²) < 4.78 is 5.65. The summed E-state index contributed by atoms with van der Waals surface area (Å²) in [5.74, 6) is 0.888. The van der Waals surface area contributed by atoms with Crippen LogP contribution in [0.2, 0.25) is 0 Å². The van der Waals surface area contributed by atoms with Crippen LogP contribution in [0.3, 0.4) is 0 Å². The number of carbonyl (C=O) groups is 1. The van der Waals surface area contributed by atoms with Gasteiger partial charge in [0.05, 0.1) is 6.54 Å². The first-order chi connectivity index (χ1) is 8.65. The van der Waals surface area contributed by atoms with Gasteiger partial charge in [0.2, 0.25) is 0 Å². The molecular weight excluding hydrogens is 228 g/mol. The summed E-state index contributed by atoms with van der Waals surface area (Å²) in [4.78, 5) is 11.3. The molecule has 4 nitrogen and oxygen atoms in total. The Morgan fingerprint density at radius 3 is 2.89 bits per heavy atom. The van der Waals surface area contributed by atoms with Gasteiger partial charge in [0, 0.05) is 6.04 Å². The second-order valence-electron chi connectivity index (χ2n) is 4.79. The van der Waals surface area contributed by atoms with Gasteiger partial charge in [-0.3, -0.25) is 0 Å². The molecule has 18 heavy (non-hydrogen) atoms. The van der Waals surface area contributed by atoms with E-state index in [4.69, 9.17) is 4.74 Å². The third-order valence-corrected chi connectivity index (χ3v) is 2.90. The first-order valence-electron chi connectivity index (χ1n) is 6.39. The van der Waals surface area contributed by atoms with E-state index in [0.29, 0.717) is 19.2 Å². The van der Waals surface area contributed by atoms with E-state index in [1.165, 1.54) is 5.56 Å². The molecule has 2 rings (SSSR count). The van der Waals surface area contributed by atoms with Gasteiger partial charge in [-0.2, -0.15) is 0 Å². The van der Waals surface area contributed by atoms with Gasteiger partial charge in [-0.05, 0) is 43.9 Å². The van der Waals surface area contributed by atoms with E-state index in [0.717, 1.165) is 24.2 Å². The Morgan fingerprint density at radius 1 is 1.39 bits per heavy atom. The average molecular weight is 248 g/mol. The minimum Gasteiger partial charge on any atom is -0.491 e. The summed E-state index contributed by atoms with van der Waals surface area (Å²) in [5.41, 5.74) is 2.29. The molecule has 2 N–H and O–H groups in total. The van der Waals surface area contributed by atoms with Crippen LogP contribution >= 0.6 is 0 Å². The first kappa shape index (κ1) is 12.7. The Hall–Kier alpha value is -1.71. The van der Waals surface area contributed by atoms with Crippen LogP contribution in [0, 0.1) is 13.8 Å². The third-order valence-electron chi connectivity index (χ3n) is 2.90. The molecule has 0 atom stereocenters. The Bertz CT molecular complexity index is 428. The Balaban J connectivity index is 1.67. The number of carbonyl (C=O) groups excluding carboxylic acids is 1. The van der Waals surface area contributed by atoms with E-state index < -0.39 is 0 Å². The zero-order chi connectivity index (χ0) is 13.0. The molecule has 4 heteroatoms. The van der Waals surface area contributed by atoms with Crippen LogP contribution in [0.1, 0.15) is 24.0 Å². The number of rotatable bonds is 5. The van der Waals surface area contributed by atoms with Crippen molar-refractivity contribution in [2.75, 3.05) is 13.2 Å². The van der Waals surface area contributed by atoms with E-state index in [1.807, 2.05) is 26.0 Å². The molecule has 1 saturated carbocycles. The van der Waals surface area contributed by atoms with Crippen LogP contribution in [-0.4, -0.2) is 25.2 Å². The monoisotopic (exact) mass is 248 g/mol. The summed E-state index contributed by atoms with van der Waals surface area (Å²) >= 11 is 0. The molecule has 0 aromatic heterocycles. The number of ether oxygens (including phenoxy) is 1. The van der Waals surface area contributed by atoms with Crippen molar-refractivity contribution in [3.05, 3.63) is 29.3 Å². The van der Waals surface area contributed by atoms with Gasteiger partial charge in [0.25, 0.3) is 0 Å². The summed E-state index contributed by atoms with van der Waals surface area (Å²) in [5, 5.41) is 5.65. The highest BCUT2D eigenvalue weighted by atomic mass is 16.5. The fourth-order valence-electron chi connectivity index (χ4n) is 1.65. The topological polar surface area (TPSA) is 50.4 Å². The molecule has 0 spiro atoms. The minimum atomic E-state index is -0.0953. The van der Waals surface area contributed by atoms with Crippen molar-refractivity contribution in [1.29, 1.82) is 0 Å². The molecular formula is C14H20N2O2. The molecule has 1 aromatic carbocycles. The molecule has 98 valence electrons. The van der Waals surface area contributed by atoms with Crippen LogP contribution < -0.4 is 15.4 Å². The number of aryl methyl sites for hydroxylation is 2. The van der Waals surface area contributed by atoms with E-state index in [-0.39, 0.29) is 6.03 Å². The molecule has 0 aliphatic heterocycles. The number of hydrogen-bond donors (Lipinski definition) is 2. The van der Waals surface area contributed by atoms with E-state index in [2.05, 4.69) is 16.7 Å². The highest BCUT2D eigenvalue weighted by Gasteiger charge is 2.22. The molecule has 1 aromatic rings. The largest absolute Gasteiger partial charge is 0.491 e. The second kappa shape index (κ2) is 5.76. The van der Waals surface area contributed by atoms with Gasteiger partial charge in [-0.15, -0.1) is 0 Å². The van der Waals surface area contributed by atoms with Crippen LogP contribution in [0.4, 0.5) is 4.79 Å². The lowest BCUT2D eigenvalue weighted by molar-refractivity contribution is 0.236. The van der Waals surface area contributed by atoms with Crippen LogP contribution in [-0.2, 0) is 0 Å². The Kier molecular flexibility index (Phi) is 4.07. The van der Waals surface area contributed by atoms with Crippen molar-refractivity contribution in [2.45, 2.75) is 32.7 Å². The maximum atomic E-state index is 11.3. The predicted octanol–water partition coefficient (Wildman–Crippen LogP) is 2.14. The van der Waals surface area contributed by atoms with Crippen molar-refractivity contribution in [2.24, 2.45) is 0 Å². The van der Waals surface area contributed by atoms with E-state index in [1.54, 1.807) is 0 Å². The third kappa shape index (κ3) is 3.95. The lowest BCUT2D eigenvalue weighted by Crippen LogP contribution is -2.38.